The Balaban J connectivity index is 1.79. The molecular weight excluding hydrogens is 414 g/mol. The third-order valence-corrected chi connectivity index (χ3v) is 6.38. The third kappa shape index (κ3) is 4.74. The van der Waals surface area contributed by atoms with E-state index in [1.807, 2.05) is 55.5 Å². The molecule has 0 fully saturated rings. The van der Waals surface area contributed by atoms with Crippen LogP contribution < -0.4 is 14.2 Å². The molecule has 1 heterocycles. The number of rotatable bonds is 8. The third-order valence-electron chi connectivity index (χ3n) is 6.38. The molecule has 0 radical (unpaired) electrons. The lowest BCUT2D eigenvalue weighted by molar-refractivity contribution is 0.0728. The number of carbonyl (C=O) groups is 1. The zero-order valence-corrected chi connectivity index (χ0v) is 19.8. The molecule has 3 aromatic rings. The molecule has 1 atom stereocenters. The van der Waals surface area contributed by atoms with Crippen LogP contribution in [0, 0.1) is 6.92 Å². The first-order valence-corrected chi connectivity index (χ1v) is 11.4. The van der Waals surface area contributed by atoms with Crippen LogP contribution in [0.1, 0.15) is 52.9 Å². The molecule has 0 saturated carbocycles. The monoisotopic (exact) mass is 445 g/mol. The van der Waals surface area contributed by atoms with Gasteiger partial charge in [-0.2, -0.15) is 0 Å². The smallest absolute Gasteiger partial charge is 0.347 e. The van der Waals surface area contributed by atoms with Crippen LogP contribution in [0.3, 0.4) is 0 Å². The highest BCUT2D eigenvalue weighted by atomic mass is 16.5. The molecule has 0 amide bonds. The first-order chi connectivity index (χ1) is 16.0. The summed E-state index contributed by atoms with van der Waals surface area (Å²) in [6.45, 7) is 8.16. The van der Waals surface area contributed by atoms with E-state index in [1.54, 1.807) is 19.2 Å². The molecule has 1 aliphatic rings. The van der Waals surface area contributed by atoms with E-state index in [1.165, 1.54) is 0 Å². The van der Waals surface area contributed by atoms with Crippen LogP contribution in [0.25, 0.3) is 0 Å². The maximum absolute atomic E-state index is 13.4. The summed E-state index contributed by atoms with van der Waals surface area (Å²) in [5, 5.41) is 0. The molecule has 0 spiro atoms. The molecule has 0 aliphatic carbocycles. The summed E-state index contributed by atoms with van der Waals surface area (Å²) in [5.74, 6) is 1.39. The fraction of sp³-hybridized carbons (Fsp3) is 0.321. The van der Waals surface area contributed by atoms with E-state index in [4.69, 9.17) is 14.2 Å². The highest BCUT2D eigenvalue weighted by Gasteiger charge is 2.34. The number of esters is 1. The van der Waals surface area contributed by atoms with Crippen molar-refractivity contribution in [2.45, 2.75) is 52.9 Å². The highest BCUT2D eigenvalue weighted by molar-refractivity contribution is 5.97. The summed E-state index contributed by atoms with van der Waals surface area (Å²) in [4.78, 5) is 15.8. The summed E-state index contributed by atoms with van der Waals surface area (Å²) in [5.41, 5.74) is 4.31. The normalized spacial score (nSPS) is 13.9. The van der Waals surface area contributed by atoms with Gasteiger partial charge in [0, 0.05) is 35.8 Å². The Bertz CT molecular complexity index is 1110. The van der Waals surface area contributed by atoms with Gasteiger partial charge in [-0.05, 0) is 38.0 Å². The van der Waals surface area contributed by atoms with Crippen molar-refractivity contribution in [1.29, 1.82) is 0 Å². The van der Waals surface area contributed by atoms with Gasteiger partial charge >= 0.3 is 5.97 Å². The molecule has 4 rings (SSSR count). The fourth-order valence-corrected chi connectivity index (χ4v) is 4.36. The van der Waals surface area contributed by atoms with Crippen LogP contribution >= 0.6 is 0 Å². The lowest BCUT2D eigenvalue weighted by atomic mass is 9.97. The van der Waals surface area contributed by atoms with Crippen molar-refractivity contribution in [2.24, 2.45) is 0 Å². The number of hydrogen-bond acceptors (Lipinski definition) is 5. The number of para-hydroxylation sites is 1. The second-order valence-corrected chi connectivity index (χ2v) is 8.46. The summed E-state index contributed by atoms with van der Waals surface area (Å²) in [6.07, 6.45) is 1.04. The average molecular weight is 446 g/mol. The molecular formula is C28H31NO4. The van der Waals surface area contributed by atoms with Crippen LogP contribution in [0.4, 0.5) is 0 Å². The first kappa shape index (κ1) is 22.9. The number of carbonyl (C=O) groups excluding carboxylic acids is 1. The molecule has 1 aliphatic heterocycles. The Morgan fingerprint density at radius 2 is 1.58 bits per heavy atom. The minimum Gasteiger partial charge on any atom is -0.496 e. The number of benzene rings is 3. The van der Waals surface area contributed by atoms with Gasteiger partial charge in [-0.1, -0.05) is 55.5 Å². The van der Waals surface area contributed by atoms with Crippen molar-refractivity contribution in [3.63, 3.8) is 0 Å². The molecule has 0 N–H and O–H groups in total. The quantitative estimate of drug-likeness (QED) is 0.318. The second kappa shape index (κ2) is 10.1. The first-order valence-electron chi connectivity index (χ1n) is 11.4. The maximum Gasteiger partial charge on any atom is 0.347 e. The van der Waals surface area contributed by atoms with Crippen molar-refractivity contribution < 1.29 is 19.0 Å². The van der Waals surface area contributed by atoms with Gasteiger partial charge in [-0.3, -0.25) is 4.90 Å². The predicted molar refractivity (Wildman–Crippen MR) is 129 cm³/mol. The van der Waals surface area contributed by atoms with Crippen LogP contribution in [-0.2, 0) is 19.7 Å². The van der Waals surface area contributed by atoms with Gasteiger partial charge in [0.25, 0.3) is 0 Å². The number of nitrogens with zero attached hydrogens (tertiary/aromatic N) is 1. The van der Waals surface area contributed by atoms with Crippen LogP contribution in [0.2, 0.25) is 0 Å². The SMILES string of the molecule is CC[C@@H](C)N1Cc2c(c(OCc3ccccc3)c(C(=O)Oc3ccccc3)c(C)c2OC)C1. The Hall–Kier alpha value is -3.31. The zero-order chi connectivity index (χ0) is 23.4. The molecule has 5 nitrogen and oxygen atoms in total. The number of methoxy groups -OCH3 is 1. The van der Waals surface area contributed by atoms with Gasteiger partial charge in [-0.15, -0.1) is 0 Å². The minimum atomic E-state index is -0.440. The molecule has 0 unspecified atom stereocenters. The summed E-state index contributed by atoms with van der Waals surface area (Å²) in [6, 6.07) is 19.5. The van der Waals surface area contributed by atoms with E-state index in [0.717, 1.165) is 41.0 Å². The van der Waals surface area contributed by atoms with Crippen molar-refractivity contribution in [2.75, 3.05) is 7.11 Å². The van der Waals surface area contributed by atoms with Gasteiger partial charge in [0.05, 0.1) is 7.11 Å². The van der Waals surface area contributed by atoms with Crippen LogP contribution in [-0.4, -0.2) is 24.0 Å². The molecule has 3 aromatic carbocycles. The second-order valence-electron chi connectivity index (χ2n) is 8.46. The minimum absolute atomic E-state index is 0.369. The van der Waals surface area contributed by atoms with Gasteiger partial charge in [0.15, 0.2) is 0 Å². The summed E-state index contributed by atoms with van der Waals surface area (Å²) in [7, 11) is 1.66. The largest absolute Gasteiger partial charge is 0.496 e. The van der Waals surface area contributed by atoms with E-state index in [0.29, 0.717) is 36.3 Å². The Labute approximate surface area is 195 Å². The summed E-state index contributed by atoms with van der Waals surface area (Å²) < 4.78 is 17.9. The molecule has 5 heteroatoms. The Morgan fingerprint density at radius 1 is 0.970 bits per heavy atom. The molecule has 33 heavy (non-hydrogen) atoms. The van der Waals surface area contributed by atoms with Crippen LogP contribution in [0.5, 0.6) is 17.2 Å². The summed E-state index contributed by atoms with van der Waals surface area (Å²) >= 11 is 0. The Kier molecular flexibility index (Phi) is 6.99. The van der Waals surface area contributed by atoms with E-state index in [9.17, 15) is 4.79 Å². The lowest BCUT2D eigenvalue weighted by Crippen LogP contribution is -2.27. The van der Waals surface area contributed by atoms with Gasteiger partial charge in [0.2, 0.25) is 0 Å². The molecule has 0 bridgehead atoms. The molecule has 172 valence electrons. The molecule has 0 aromatic heterocycles. The highest BCUT2D eigenvalue weighted by Crippen LogP contribution is 2.44. The van der Waals surface area contributed by atoms with E-state index >= 15 is 0 Å². The van der Waals surface area contributed by atoms with Gasteiger partial charge in [0.1, 0.15) is 29.4 Å². The topological polar surface area (TPSA) is 48.0 Å². The number of hydrogen-bond donors (Lipinski definition) is 0. The average Bonchev–Trinajstić information content (AvgIpc) is 3.28. The zero-order valence-electron chi connectivity index (χ0n) is 19.8. The van der Waals surface area contributed by atoms with E-state index < -0.39 is 5.97 Å². The fourth-order valence-electron chi connectivity index (χ4n) is 4.36. The molecule has 0 saturated heterocycles. The van der Waals surface area contributed by atoms with Gasteiger partial charge < -0.3 is 14.2 Å². The predicted octanol–water partition coefficient (Wildman–Crippen LogP) is 5.92. The number of fused-ring (bicyclic) bond motifs is 1. The standard InChI is InChI=1S/C28H31NO4/c1-5-19(2)29-16-23-24(17-29)27(32-18-21-12-8-6-9-13-21)25(20(3)26(23)31-4)28(30)33-22-14-10-7-11-15-22/h6-15,19H,5,16-18H2,1-4H3/t19-/m1/s1. The van der Waals surface area contributed by atoms with Crippen molar-refractivity contribution >= 4 is 5.97 Å². The van der Waals surface area contributed by atoms with Crippen molar-refractivity contribution in [3.8, 4) is 17.2 Å². The van der Waals surface area contributed by atoms with Crippen molar-refractivity contribution in [3.05, 3.63) is 88.5 Å². The van der Waals surface area contributed by atoms with E-state index in [-0.39, 0.29) is 0 Å². The van der Waals surface area contributed by atoms with Gasteiger partial charge in [-0.25, -0.2) is 4.79 Å². The Morgan fingerprint density at radius 3 is 2.18 bits per heavy atom. The van der Waals surface area contributed by atoms with Crippen molar-refractivity contribution in [1.82, 2.24) is 4.90 Å². The van der Waals surface area contributed by atoms with Crippen LogP contribution in [0.15, 0.2) is 60.7 Å². The van der Waals surface area contributed by atoms with E-state index in [2.05, 4.69) is 18.7 Å². The number of ether oxygens (including phenoxy) is 3. The maximum atomic E-state index is 13.4. The lowest BCUT2D eigenvalue weighted by Gasteiger charge is -2.22.